The van der Waals surface area contributed by atoms with E-state index in [-0.39, 0.29) is 5.84 Å². The molecule has 0 saturated heterocycles. The number of halogens is 1. The second kappa shape index (κ2) is 7.98. The third-order valence-corrected chi connectivity index (χ3v) is 4.32. The van der Waals surface area contributed by atoms with Crippen LogP contribution in [0.1, 0.15) is 27.8 Å². The van der Waals surface area contributed by atoms with Gasteiger partial charge in [-0.1, -0.05) is 76.4 Å². The van der Waals surface area contributed by atoms with Crippen LogP contribution in [0.4, 0.5) is 0 Å². The van der Waals surface area contributed by atoms with E-state index in [1.54, 1.807) is 24.3 Å². The van der Waals surface area contributed by atoms with E-state index in [2.05, 4.69) is 10.1 Å². The maximum absolute atomic E-state index is 9.53. The van der Waals surface area contributed by atoms with E-state index in [1.165, 1.54) is 11.1 Å². The minimum absolute atomic E-state index is 0.234. The molecule has 1 N–H and O–H groups in total. The summed E-state index contributed by atoms with van der Waals surface area (Å²) in [5, 5.41) is 13.5. The van der Waals surface area contributed by atoms with Gasteiger partial charge in [-0.3, -0.25) is 0 Å². The zero-order valence-corrected chi connectivity index (χ0v) is 15.4. The molecule has 0 aliphatic heterocycles. The zero-order chi connectivity index (χ0) is 18.5. The maximum atomic E-state index is 9.53. The Balaban J connectivity index is 2.12. The number of amidine groups is 1. The molecule has 0 radical (unpaired) electrons. The van der Waals surface area contributed by atoms with E-state index < -0.39 is 0 Å². The molecule has 0 bridgehead atoms. The largest absolute Gasteiger partial charge is 0.409 e. The van der Waals surface area contributed by atoms with Crippen LogP contribution < -0.4 is 0 Å². The second-order valence-electron chi connectivity index (χ2n) is 6.12. The summed E-state index contributed by atoms with van der Waals surface area (Å²) in [7, 11) is 0. The first-order chi connectivity index (χ1) is 12.6. The number of hydrogen-bond acceptors (Lipinski definition) is 2. The third-order valence-electron chi connectivity index (χ3n) is 4.06. The highest BCUT2D eigenvalue weighted by Gasteiger charge is 2.11. The Morgan fingerprint density at radius 3 is 1.54 bits per heavy atom. The molecule has 0 amide bonds. The van der Waals surface area contributed by atoms with Crippen LogP contribution in [0.15, 0.2) is 82.9 Å². The highest BCUT2D eigenvalue weighted by Crippen LogP contribution is 2.16. The van der Waals surface area contributed by atoms with Gasteiger partial charge in [0.25, 0.3) is 0 Å². The Kier molecular flexibility index (Phi) is 5.49. The fraction of sp³-hybridized carbons (Fsp3) is 0.0909. The van der Waals surface area contributed by atoms with Crippen molar-refractivity contribution in [1.82, 2.24) is 0 Å². The lowest BCUT2D eigenvalue weighted by Gasteiger charge is -2.09. The smallest absolute Gasteiger partial charge is 0.199 e. The van der Waals surface area contributed by atoms with Crippen LogP contribution in [-0.4, -0.2) is 16.8 Å². The van der Waals surface area contributed by atoms with Gasteiger partial charge in [-0.25, -0.2) is 4.99 Å². The van der Waals surface area contributed by atoms with Gasteiger partial charge < -0.3 is 5.21 Å². The van der Waals surface area contributed by atoms with E-state index in [0.29, 0.717) is 10.6 Å². The number of benzene rings is 3. The number of aliphatic imine (C=N–C) groups is 1. The monoisotopic (exact) mass is 362 g/mol. The summed E-state index contributed by atoms with van der Waals surface area (Å²) in [4.78, 5) is 4.67. The van der Waals surface area contributed by atoms with Crippen LogP contribution in [0.5, 0.6) is 0 Å². The first kappa shape index (κ1) is 17.9. The van der Waals surface area contributed by atoms with Crippen molar-refractivity contribution in [2.24, 2.45) is 10.1 Å². The lowest BCUT2D eigenvalue weighted by Crippen LogP contribution is -2.09. The zero-order valence-electron chi connectivity index (χ0n) is 14.6. The van der Waals surface area contributed by atoms with Gasteiger partial charge in [0.1, 0.15) is 0 Å². The van der Waals surface area contributed by atoms with Crippen molar-refractivity contribution in [3.63, 3.8) is 0 Å². The van der Waals surface area contributed by atoms with Gasteiger partial charge in [0.15, 0.2) is 5.84 Å². The molecule has 130 valence electrons. The molecule has 0 heterocycles. The van der Waals surface area contributed by atoms with Crippen LogP contribution in [0.2, 0.25) is 5.02 Å². The first-order valence-electron chi connectivity index (χ1n) is 8.27. The lowest BCUT2D eigenvalue weighted by molar-refractivity contribution is 0.318. The van der Waals surface area contributed by atoms with E-state index in [0.717, 1.165) is 16.8 Å². The fourth-order valence-corrected chi connectivity index (χ4v) is 2.69. The van der Waals surface area contributed by atoms with E-state index in [1.807, 2.05) is 62.4 Å². The Hall–Kier alpha value is -2.91. The summed E-state index contributed by atoms with van der Waals surface area (Å²) in [6.07, 6.45) is 0. The molecule has 3 rings (SSSR count). The highest BCUT2D eigenvalue weighted by molar-refractivity contribution is 6.30. The number of aryl methyl sites for hydroxylation is 2. The molecular weight excluding hydrogens is 344 g/mol. The van der Waals surface area contributed by atoms with Gasteiger partial charge >= 0.3 is 0 Å². The van der Waals surface area contributed by atoms with Gasteiger partial charge in [-0.05, 0) is 38.1 Å². The van der Waals surface area contributed by atoms with Crippen molar-refractivity contribution < 1.29 is 5.21 Å². The molecular formula is C22H19ClN2O. The summed E-state index contributed by atoms with van der Waals surface area (Å²) in [6.45, 7) is 4.08. The Morgan fingerprint density at radius 1 is 0.692 bits per heavy atom. The summed E-state index contributed by atoms with van der Waals surface area (Å²) < 4.78 is 0. The van der Waals surface area contributed by atoms with Crippen LogP contribution >= 0.6 is 11.6 Å². The number of rotatable bonds is 3. The molecule has 0 aliphatic carbocycles. The molecule has 4 heteroatoms. The molecule has 0 unspecified atom stereocenters. The van der Waals surface area contributed by atoms with Crippen molar-refractivity contribution in [2.75, 3.05) is 0 Å². The van der Waals surface area contributed by atoms with Crippen molar-refractivity contribution in [3.05, 3.63) is 106 Å². The molecule has 26 heavy (non-hydrogen) atoms. The molecule has 3 aromatic rings. The molecule has 3 nitrogen and oxygen atoms in total. The van der Waals surface area contributed by atoms with Crippen molar-refractivity contribution in [1.29, 1.82) is 0 Å². The summed E-state index contributed by atoms with van der Waals surface area (Å²) in [6, 6.07) is 23.3. The Labute approximate surface area is 158 Å². The van der Waals surface area contributed by atoms with Gasteiger partial charge in [0, 0.05) is 21.7 Å². The van der Waals surface area contributed by atoms with E-state index >= 15 is 0 Å². The number of hydrogen-bond donors (Lipinski definition) is 1. The van der Waals surface area contributed by atoms with Gasteiger partial charge in [0.05, 0.1) is 5.71 Å². The van der Waals surface area contributed by atoms with E-state index in [9.17, 15) is 5.21 Å². The van der Waals surface area contributed by atoms with Crippen molar-refractivity contribution in [2.45, 2.75) is 13.8 Å². The molecule has 0 spiro atoms. The first-order valence-corrected chi connectivity index (χ1v) is 8.65. The molecule has 0 aromatic heterocycles. The summed E-state index contributed by atoms with van der Waals surface area (Å²) >= 11 is 5.95. The van der Waals surface area contributed by atoms with Gasteiger partial charge in [0.2, 0.25) is 0 Å². The molecule has 0 aliphatic rings. The molecule has 3 aromatic carbocycles. The lowest BCUT2D eigenvalue weighted by atomic mass is 10.00. The van der Waals surface area contributed by atoms with Gasteiger partial charge in [-0.15, -0.1) is 0 Å². The molecule has 0 fully saturated rings. The number of nitrogens with zero attached hydrogens (tertiary/aromatic N) is 2. The van der Waals surface area contributed by atoms with Crippen LogP contribution in [0.3, 0.4) is 0 Å². The highest BCUT2D eigenvalue weighted by atomic mass is 35.5. The third kappa shape index (κ3) is 4.19. The minimum atomic E-state index is 0.234. The second-order valence-corrected chi connectivity index (χ2v) is 6.56. The Bertz CT molecular complexity index is 893. The average molecular weight is 363 g/mol. The fourth-order valence-electron chi connectivity index (χ4n) is 2.57. The average Bonchev–Trinajstić information content (AvgIpc) is 2.66. The van der Waals surface area contributed by atoms with E-state index in [4.69, 9.17) is 11.6 Å². The van der Waals surface area contributed by atoms with Crippen LogP contribution in [-0.2, 0) is 0 Å². The predicted octanol–water partition coefficient (Wildman–Crippen LogP) is 5.63. The number of oxime groups is 1. The minimum Gasteiger partial charge on any atom is -0.409 e. The predicted molar refractivity (Wildman–Crippen MR) is 108 cm³/mol. The van der Waals surface area contributed by atoms with Crippen LogP contribution in [0, 0.1) is 13.8 Å². The van der Waals surface area contributed by atoms with Crippen molar-refractivity contribution in [3.8, 4) is 0 Å². The standard InChI is InChI=1S/C22H19ClN2O/c1-15-3-7-17(8-4-15)21(18-9-5-16(2)6-10-18)24-22(25-26)19-11-13-20(23)14-12-19/h3-14,26H,1-2H3/b25-22+. The van der Waals surface area contributed by atoms with Gasteiger partial charge in [-0.2, -0.15) is 0 Å². The topological polar surface area (TPSA) is 45.0 Å². The Morgan fingerprint density at radius 2 is 1.12 bits per heavy atom. The van der Waals surface area contributed by atoms with Crippen LogP contribution in [0.25, 0.3) is 0 Å². The normalized spacial score (nSPS) is 11.3. The van der Waals surface area contributed by atoms with Crippen molar-refractivity contribution >= 4 is 23.1 Å². The molecule has 0 saturated carbocycles. The SMILES string of the molecule is Cc1ccc(C(=N/C(=N/O)c2ccc(Cl)cc2)c2ccc(C)cc2)cc1. The summed E-state index contributed by atoms with van der Waals surface area (Å²) in [5.74, 6) is 0.234. The summed E-state index contributed by atoms with van der Waals surface area (Å²) in [5.41, 5.74) is 5.68. The maximum Gasteiger partial charge on any atom is 0.199 e. The quantitative estimate of drug-likeness (QED) is 0.279. The molecule has 0 atom stereocenters.